The Morgan fingerprint density at radius 2 is 2.31 bits per heavy atom. The highest BCUT2D eigenvalue weighted by atomic mass is 16.2. The van der Waals surface area contributed by atoms with Gasteiger partial charge < -0.3 is 4.90 Å². The van der Waals surface area contributed by atoms with Gasteiger partial charge in [-0.2, -0.15) is 5.26 Å². The van der Waals surface area contributed by atoms with E-state index in [9.17, 15) is 4.79 Å². The molecular weight excluding hydrogens is 164 g/mol. The quantitative estimate of drug-likeness (QED) is 0.616. The van der Waals surface area contributed by atoms with Gasteiger partial charge in [-0.05, 0) is 19.8 Å². The zero-order valence-corrected chi connectivity index (χ0v) is 8.12. The van der Waals surface area contributed by atoms with Crippen molar-refractivity contribution in [3.05, 3.63) is 0 Å². The van der Waals surface area contributed by atoms with Crippen molar-refractivity contribution in [1.29, 1.82) is 5.26 Å². The lowest BCUT2D eigenvalue weighted by Crippen LogP contribution is -2.37. The number of carbonyl (C=O) groups excluding carboxylic acids is 1. The van der Waals surface area contributed by atoms with E-state index < -0.39 is 0 Å². The van der Waals surface area contributed by atoms with E-state index in [0.29, 0.717) is 6.04 Å². The van der Waals surface area contributed by atoms with Gasteiger partial charge in [-0.3, -0.25) is 4.79 Å². The lowest BCUT2D eigenvalue weighted by molar-refractivity contribution is -0.132. The SMILES string of the molecule is CC1CCCCCN1C(=O)CC#N. The number of likely N-dealkylation sites (tertiary alicyclic amines) is 1. The van der Waals surface area contributed by atoms with Gasteiger partial charge in [0.2, 0.25) is 5.91 Å². The fourth-order valence-electron chi connectivity index (χ4n) is 1.81. The third-order valence-electron chi connectivity index (χ3n) is 2.60. The van der Waals surface area contributed by atoms with Crippen LogP contribution in [0.3, 0.4) is 0 Å². The zero-order valence-electron chi connectivity index (χ0n) is 8.12. The molecular formula is C10H16N2O. The standard InChI is InChI=1S/C10H16N2O/c1-9-5-3-2-4-8-12(9)10(13)6-7-11/h9H,2-6,8H2,1H3. The van der Waals surface area contributed by atoms with Crippen LogP contribution < -0.4 is 0 Å². The molecule has 1 fully saturated rings. The number of carbonyl (C=O) groups is 1. The van der Waals surface area contributed by atoms with Gasteiger partial charge in [0.15, 0.2) is 0 Å². The normalized spacial score (nSPS) is 23.4. The van der Waals surface area contributed by atoms with Crippen LogP contribution in [0.5, 0.6) is 0 Å². The number of hydrogen-bond acceptors (Lipinski definition) is 2. The maximum Gasteiger partial charge on any atom is 0.237 e. The Morgan fingerprint density at radius 1 is 1.54 bits per heavy atom. The van der Waals surface area contributed by atoms with Gasteiger partial charge in [-0.15, -0.1) is 0 Å². The molecule has 1 amide bonds. The second kappa shape index (κ2) is 4.86. The van der Waals surface area contributed by atoms with Crippen molar-refractivity contribution in [2.24, 2.45) is 0 Å². The van der Waals surface area contributed by atoms with Crippen LogP contribution in [0, 0.1) is 11.3 Å². The van der Waals surface area contributed by atoms with Gasteiger partial charge in [0, 0.05) is 12.6 Å². The molecule has 0 saturated carbocycles. The van der Waals surface area contributed by atoms with Gasteiger partial charge in [0.1, 0.15) is 6.42 Å². The molecule has 1 aliphatic heterocycles. The number of nitriles is 1. The van der Waals surface area contributed by atoms with Crippen LogP contribution in [0.4, 0.5) is 0 Å². The molecule has 0 radical (unpaired) electrons. The summed E-state index contributed by atoms with van der Waals surface area (Å²) in [6.45, 7) is 2.91. The van der Waals surface area contributed by atoms with Crippen molar-refractivity contribution in [3.63, 3.8) is 0 Å². The first-order valence-corrected chi connectivity index (χ1v) is 4.92. The average molecular weight is 180 g/mol. The monoisotopic (exact) mass is 180 g/mol. The fraction of sp³-hybridized carbons (Fsp3) is 0.800. The molecule has 1 heterocycles. The molecule has 1 saturated heterocycles. The summed E-state index contributed by atoms with van der Waals surface area (Å²) in [7, 11) is 0. The summed E-state index contributed by atoms with van der Waals surface area (Å²) >= 11 is 0. The highest BCUT2D eigenvalue weighted by Gasteiger charge is 2.20. The Balaban J connectivity index is 2.54. The minimum Gasteiger partial charge on any atom is -0.339 e. The van der Waals surface area contributed by atoms with Crippen molar-refractivity contribution in [1.82, 2.24) is 4.90 Å². The molecule has 0 aromatic rings. The fourth-order valence-corrected chi connectivity index (χ4v) is 1.81. The maximum absolute atomic E-state index is 11.5. The minimum absolute atomic E-state index is 0.00287. The number of hydrogen-bond donors (Lipinski definition) is 0. The van der Waals surface area contributed by atoms with Gasteiger partial charge >= 0.3 is 0 Å². The number of amides is 1. The summed E-state index contributed by atoms with van der Waals surface area (Å²) in [5.41, 5.74) is 0. The zero-order chi connectivity index (χ0) is 9.68. The summed E-state index contributed by atoms with van der Waals surface area (Å²) in [6, 6.07) is 2.24. The third-order valence-corrected chi connectivity index (χ3v) is 2.60. The molecule has 0 spiro atoms. The molecule has 1 unspecified atom stereocenters. The summed E-state index contributed by atoms with van der Waals surface area (Å²) in [5, 5.41) is 8.43. The highest BCUT2D eigenvalue weighted by Crippen LogP contribution is 2.16. The Bertz CT molecular complexity index is 219. The molecule has 72 valence electrons. The summed E-state index contributed by atoms with van der Waals surface area (Å²) < 4.78 is 0. The Labute approximate surface area is 79.3 Å². The van der Waals surface area contributed by atoms with E-state index in [1.807, 2.05) is 11.0 Å². The van der Waals surface area contributed by atoms with Crippen molar-refractivity contribution in [3.8, 4) is 6.07 Å². The van der Waals surface area contributed by atoms with Gasteiger partial charge in [0.25, 0.3) is 0 Å². The second-order valence-electron chi connectivity index (χ2n) is 3.62. The Morgan fingerprint density at radius 3 is 3.00 bits per heavy atom. The number of rotatable bonds is 1. The average Bonchev–Trinajstić information content (AvgIpc) is 2.30. The molecule has 0 aromatic carbocycles. The largest absolute Gasteiger partial charge is 0.339 e. The summed E-state index contributed by atoms with van der Waals surface area (Å²) in [6.07, 6.45) is 4.61. The van der Waals surface area contributed by atoms with Crippen LogP contribution in [0.2, 0.25) is 0 Å². The van der Waals surface area contributed by atoms with Crippen LogP contribution in [-0.4, -0.2) is 23.4 Å². The highest BCUT2D eigenvalue weighted by molar-refractivity contribution is 5.78. The van der Waals surface area contributed by atoms with E-state index in [0.717, 1.165) is 19.4 Å². The van der Waals surface area contributed by atoms with E-state index in [-0.39, 0.29) is 12.3 Å². The van der Waals surface area contributed by atoms with E-state index >= 15 is 0 Å². The van der Waals surface area contributed by atoms with Crippen molar-refractivity contribution >= 4 is 5.91 Å². The van der Waals surface area contributed by atoms with Crippen LogP contribution in [0.25, 0.3) is 0 Å². The van der Waals surface area contributed by atoms with E-state index in [1.165, 1.54) is 12.8 Å². The molecule has 0 aromatic heterocycles. The first-order valence-electron chi connectivity index (χ1n) is 4.92. The molecule has 3 nitrogen and oxygen atoms in total. The Kier molecular flexibility index (Phi) is 3.75. The van der Waals surface area contributed by atoms with Crippen LogP contribution in [-0.2, 0) is 4.79 Å². The van der Waals surface area contributed by atoms with Crippen molar-refractivity contribution < 1.29 is 4.79 Å². The Hall–Kier alpha value is -1.04. The third kappa shape index (κ3) is 2.73. The van der Waals surface area contributed by atoms with Gasteiger partial charge in [-0.1, -0.05) is 12.8 Å². The van der Waals surface area contributed by atoms with Gasteiger partial charge in [-0.25, -0.2) is 0 Å². The molecule has 1 atom stereocenters. The van der Waals surface area contributed by atoms with Gasteiger partial charge in [0.05, 0.1) is 6.07 Å². The molecule has 13 heavy (non-hydrogen) atoms. The summed E-state index contributed by atoms with van der Waals surface area (Å²) in [5.74, 6) is -0.00287. The molecule has 1 rings (SSSR count). The molecule has 0 aliphatic carbocycles. The lowest BCUT2D eigenvalue weighted by atomic mass is 10.1. The lowest BCUT2D eigenvalue weighted by Gasteiger charge is -2.26. The predicted octanol–water partition coefficient (Wildman–Crippen LogP) is 1.69. The smallest absolute Gasteiger partial charge is 0.237 e. The van der Waals surface area contributed by atoms with Crippen LogP contribution >= 0.6 is 0 Å². The topological polar surface area (TPSA) is 44.1 Å². The van der Waals surface area contributed by atoms with E-state index in [4.69, 9.17) is 5.26 Å². The van der Waals surface area contributed by atoms with Crippen molar-refractivity contribution in [2.45, 2.75) is 45.1 Å². The molecule has 0 N–H and O–H groups in total. The first-order chi connectivity index (χ1) is 6.25. The van der Waals surface area contributed by atoms with Crippen LogP contribution in [0.1, 0.15) is 39.0 Å². The van der Waals surface area contributed by atoms with Crippen LogP contribution in [0.15, 0.2) is 0 Å². The number of nitrogens with zero attached hydrogens (tertiary/aromatic N) is 2. The predicted molar refractivity (Wildman–Crippen MR) is 49.9 cm³/mol. The molecule has 1 aliphatic rings. The minimum atomic E-state index is -0.00287. The first kappa shape index (κ1) is 10.0. The summed E-state index contributed by atoms with van der Waals surface area (Å²) in [4.78, 5) is 13.3. The second-order valence-corrected chi connectivity index (χ2v) is 3.62. The van der Waals surface area contributed by atoms with Crippen molar-refractivity contribution in [2.75, 3.05) is 6.54 Å². The molecule has 3 heteroatoms. The van der Waals surface area contributed by atoms with E-state index in [2.05, 4.69) is 6.92 Å². The molecule has 0 bridgehead atoms. The van der Waals surface area contributed by atoms with E-state index in [1.54, 1.807) is 0 Å². The maximum atomic E-state index is 11.5.